The third-order valence-electron chi connectivity index (χ3n) is 4.89. The number of aromatic nitrogens is 2. The normalized spacial score (nSPS) is 15.4. The smallest absolute Gasteiger partial charge is 0.270 e. The second-order valence-electron chi connectivity index (χ2n) is 6.70. The van der Waals surface area contributed by atoms with Crippen LogP contribution in [0.3, 0.4) is 0 Å². The SMILES string of the molecule is Cc1c(C(=O)N2CCN(C)CC2)sc2nc(-c3cccc([N+](=O)[O-])c3)cn12. The molecule has 4 rings (SSSR count). The minimum Gasteiger partial charge on any atom is -0.335 e. The Morgan fingerprint density at radius 2 is 2.00 bits per heavy atom. The van der Waals surface area contributed by atoms with Crippen LogP contribution in [0.2, 0.25) is 0 Å². The van der Waals surface area contributed by atoms with Crippen molar-refractivity contribution >= 4 is 27.9 Å². The molecule has 1 fully saturated rings. The topological polar surface area (TPSA) is 84.0 Å². The summed E-state index contributed by atoms with van der Waals surface area (Å²) < 4.78 is 1.89. The number of thiazole rings is 1. The number of nitrogens with zero attached hydrogens (tertiary/aromatic N) is 5. The molecule has 2 aromatic heterocycles. The zero-order valence-electron chi connectivity index (χ0n) is 15.1. The summed E-state index contributed by atoms with van der Waals surface area (Å²) in [6.45, 7) is 5.13. The van der Waals surface area contributed by atoms with E-state index in [9.17, 15) is 14.9 Å². The molecule has 27 heavy (non-hydrogen) atoms. The van der Waals surface area contributed by atoms with E-state index in [1.807, 2.05) is 22.4 Å². The third kappa shape index (κ3) is 3.19. The maximum absolute atomic E-state index is 12.9. The fourth-order valence-corrected chi connectivity index (χ4v) is 4.30. The highest BCUT2D eigenvalue weighted by Crippen LogP contribution is 2.29. The summed E-state index contributed by atoms with van der Waals surface area (Å²) >= 11 is 1.37. The molecule has 1 saturated heterocycles. The van der Waals surface area contributed by atoms with Crippen molar-refractivity contribution in [3.05, 3.63) is 51.1 Å². The molecule has 0 unspecified atom stereocenters. The molecule has 1 amide bonds. The highest BCUT2D eigenvalue weighted by molar-refractivity contribution is 7.19. The van der Waals surface area contributed by atoms with Gasteiger partial charge in [0.2, 0.25) is 0 Å². The van der Waals surface area contributed by atoms with Crippen LogP contribution in [0.5, 0.6) is 0 Å². The molecule has 0 bridgehead atoms. The van der Waals surface area contributed by atoms with Crippen molar-refractivity contribution in [2.24, 2.45) is 0 Å². The second-order valence-corrected chi connectivity index (χ2v) is 7.68. The quantitative estimate of drug-likeness (QED) is 0.511. The van der Waals surface area contributed by atoms with Gasteiger partial charge in [-0.3, -0.25) is 19.3 Å². The van der Waals surface area contributed by atoms with Crippen LogP contribution < -0.4 is 0 Å². The number of fused-ring (bicyclic) bond motifs is 1. The number of carbonyl (C=O) groups excluding carboxylic acids is 1. The average molecular weight is 385 g/mol. The van der Waals surface area contributed by atoms with Crippen molar-refractivity contribution < 1.29 is 9.72 Å². The molecule has 0 radical (unpaired) electrons. The van der Waals surface area contributed by atoms with Gasteiger partial charge in [0.1, 0.15) is 4.88 Å². The molecular formula is C18H19N5O3S. The Morgan fingerprint density at radius 3 is 2.67 bits per heavy atom. The highest BCUT2D eigenvalue weighted by atomic mass is 32.1. The summed E-state index contributed by atoms with van der Waals surface area (Å²) in [4.78, 5) is 33.5. The molecule has 140 valence electrons. The maximum atomic E-state index is 12.9. The van der Waals surface area contributed by atoms with Crippen molar-refractivity contribution in [2.45, 2.75) is 6.92 Å². The third-order valence-corrected chi connectivity index (χ3v) is 6.04. The van der Waals surface area contributed by atoms with E-state index in [1.165, 1.54) is 23.5 Å². The Kier molecular flexibility index (Phi) is 4.40. The van der Waals surface area contributed by atoms with Crippen molar-refractivity contribution in [3.63, 3.8) is 0 Å². The Balaban J connectivity index is 1.65. The minimum atomic E-state index is -0.417. The molecule has 1 aliphatic heterocycles. The number of hydrogen-bond acceptors (Lipinski definition) is 6. The second kappa shape index (κ2) is 6.75. The number of carbonyl (C=O) groups is 1. The number of nitro groups is 1. The lowest BCUT2D eigenvalue weighted by atomic mass is 10.1. The van der Waals surface area contributed by atoms with Crippen LogP contribution in [0.25, 0.3) is 16.2 Å². The molecule has 3 heterocycles. The summed E-state index contributed by atoms with van der Waals surface area (Å²) in [5.74, 6) is 0.0491. The van der Waals surface area contributed by atoms with E-state index >= 15 is 0 Å². The van der Waals surface area contributed by atoms with Crippen LogP contribution in [-0.4, -0.2) is 63.2 Å². The van der Waals surface area contributed by atoms with Gasteiger partial charge in [-0.05, 0) is 14.0 Å². The fourth-order valence-electron chi connectivity index (χ4n) is 3.22. The van der Waals surface area contributed by atoms with E-state index in [0.29, 0.717) is 21.1 Å². The van der Waals surface area contributed by atoms with Gasteiger partial charge in [0, 0.05) is 55.8 Å². The molecule has 0 N–H and O–H groups in total. The molecule has 0 aliphatic carbocycles. The largest absolute Gasteiger partial charge is 0.335 e. The molecule has 1 aromatic carbocycles. The fraction of sp³-hybridized carbons (Fsp3) is 0.333. The number of rotatable bonds is 3. The summed E-state index contributed by atoms with van der Waals surface area (Å²) in [5, 5.41) is 11.0. The van der Waals surface area contributed by atoms with Gasteiger partial charge < -0.3 is 9.80 Å². The van der Waals surface area contributed by atoms with Crippen LogP contribution in [0.4, 0.5) is 5.69 Å². The number of non-ortho nitro benzene ring substituents is 1. The van der Waals surface area contributed by atoms with Crippen LogP contribution >= 0.6 is 11.3 Å². The average Bonchev–Trinajstić information content (AvgIpc) is 3.21. The Labute approximate surface area is 159 Å². The standard InChI is InChI=1S/C18H19N5O3S/c1-12-16(17(24)21-8-6-20(2)7-9-21)27-18-19-15(11-22(12)18)13-4-3-5-14(10-13)23(25)26/h3-5,10-11H,6-9H2,1-2H3. The highest BCUT2D eigenvalue weighted by Gasteiger charge is 2.25. The molecule has 0 spiro atoms. The summed E-state index contributed by atoms with van der Waals surface area (Å²) in [6.07, 6.45) is 1.83. The number of nitro benzene ring substituents is 1. The number of imidazole rings is 1. The monoisotopic (exact) mass is 385 g/mol. The van der Waals surface area contributed by atoms with E-state index in [1.54, 1.807) is 12.1 Å². The van der Waals surface area contributed by atoms with Crippen molar-refractivity contribution in [1.29, 1.82) is 0 Å². The van der Waals surface area contributed by atoms with Gasteiger partial charge in [0.25, 0.3) is 11.6 Å². The Morgan fingerprint density at radius 1 is 1.26 bits per heavy atom. The Hall–Kier alpha value is -2.78. The lowest BCUT2D eigenvalue weighted by molar-refractivity contribution is -0.384. The van der Waals surface area contributed by atoms with E-state index < -0.39 is 4.92 Å². The number of likely N-dealkylation sites (N-methyl/N-ethyl adjacent to an activating group) is 1. The lowest BCUT2D eigenvalue weighted by Crippen LogP contribution is -2.47. The van der Waals surface area contributed by atoms with Gasteiger partial charge in [0.15, 0.2) is 4.96 Å². The van der Waals surface area contributed by atoms with Crippen molar-refractivity contribution in [2.75, 3.05) is 33.2 Å². The minimum absolute atomic E-state index is 0.0338. The van der Waals surface area contributed by atoms with E-state index in [2.05, 4.69) is 16.9 Å². The first-order chi connectivity index (χ1) is 12.9. The van der Waals surface area contributed by atoms with Gasteiger partial charge >= 0.3 is 0 Å². The van der Waals surface area contributed by atoms with Gasteiger partial charge in [-0.2, -0.15) is 0 Å². The predicted molar refractivity (Wildman–Crippen MR) is 103 cm³/mol. The van der Waals surface area contributed by atoms with Crippen molar-refractivity contribution in [1.82, 2.24) is 19.2 Å². The number of benzene rings is 1. The number of amides is 1. The number of piperazine rings is 1. The van der Waals surface area contributed by atoms with Crippen molar-refractivity contribution in [3.8, 4) is 11.3 Å². The molecule has 0 atom stereocenters. The maximum Gasteiger partial charge on any atom is 0.270 e. The van der Waals surface area contributed by atoms with E-state index in [-0.39, 0.29) is 11.6 Å². The molecule has 9 heteroatoms. The van der Waals surface area contributed by atoms with Crippen LogP contribution in [0, 0.1) is 17.0 Å². The van der Waals surface area contributed by atoms with Gasteiger partial charge in [-0.25, -0.2) is 4.98 Å². The number of hydrogen-bond donors (Lipinski definition) is 0. The van der Waals surface area contributed by atoms with Gasteiger partial charge in [-0.1, -0.05) is 23.5 Å². The first kappa shape index (κ1) is 17.6. The molecule has 3 aromatic rings. The van der Waals surface area contributed by atoms with Gasteiger partial charge in [-0.15, -0.1) is 0 Å². The first-order valence-electron chi connectivity index (χ1n) is 8.65. The molecule has 0 saturated carbocycles. The lowest BCUT2D eigenvalue weighted by Gasteiger charge is -2.32. The first-order valence-corrected chi connectivity index (χ1v) is 9.47. The van der Waals surface area contributed by atoms with Crippen LogP contribution in [-0.2, 0) is 0 Å². The zero-order chi connectivity index (χ0) is 19.1. The van der Waals surface area contributed by atoms with Gasteiger partial charge in [0.05, 0.1) is 10.6 Å². The Bertz CT molecular complexity index is 1030. The molecule has 8 nitrogen and oxygen atoms in total. The molecule has 1 aliphatic rings. The van der Waals surface area contributed by atoms with E-state index in [0.717, 1.165) is 31.9 Å². The summed E-state index contributed by atoms with van der Waals surface area (Å²) in [7, 11) is 2.06. The van der Waals surface area contributed by atoms with Crippen LogP contribution in [0.1, 0.15) is 15.4 Å². The zero-order valence-corrected chi connectivity index (χ0v) is 15.9. The molecular weight excluding hydrogens is 366 g/mol. The number of aryl methyl sites for hydroxylation is 1. The van der Waals surface area contributed by atoms with E-state index in [4.69, 9.17) is 0 Å². The van der Waals surface area contributed by atoms with Crippen LogP contribution in [0.15, 0.2) is 30.5 Å². The summed E-state index contributed by atoms with van der Waals surface area (Å²) in [6, 6.07) is 6.42. The predicted octanol–water partition coefficient (Wildman–Crippen LogP) is 2.67. The summed E-state index contributed by atoms with van der Waals surface area (Å²) in [5.41, 5.74) is 2.23.